The highest BCUT2D eigenvalue weighted by atomic mass is 16.6. The molecule has 8 nitrogen and oxygen atoms in total. The summed E-state index contributed by atoms with van der Waals surface area (Å²) in [5.41, 5.74) is 1.92. The van der Waals surface area contributed by atoms with Crippen LogP contribution in [0.3, 0.4) is 0 Å². The third-order valence-electron chi connectivity index (χ3n) is 5.51. The summed E-state index contributed by atoms with van der Waals surface area (Å²) in [4.78, 5) is 24.2. The first-order chi connectivity index (χ1) is 14.2. The van der Waals surface area contributed by atoms with E-state index in [-0.39, 0.29) is 23.8 Å². The Bertz CT molecular complexity index is 826. The Balaban J connectivity index is 1.18. The van der Waals surface area contributed by atoms with Crippen molar-refractivity contribution in [2.24, 2.45) is 5.92 Å². The minimum Gasteiger partial charge on any atom is -0.446 e. The molecular weight excluding hydrogens is 372 g/mol. The molecule has 1 saturated heterocycles. The van der Waals surface area contributed by atoms with E-state index in [9.17, 15) is 9.59 Å². The molecule has 2 amide bonds. The van der Waals surface area contributed by atoms with E-state index in [0.717, 1.165) is 36.9 Å². The van der Waals surface area contributed by atoms with Crippen molar-refractivity contribution in [3.05, 3.63) is 47.7 Å². The van der Waals surface area contributed by atoms with Crippen LogP contribution < -0.4 is 10.6 Å². The number of anilines is 1. The van der Waals surface area contributed by atoms with Gasteiger partial charge in [-0.05, 0) is 31.2 Å². The Morgan fingerprint density at radius 3 is 2.69 bits per heavy atom. The van der Waals surface area contributed by atoms with Gasteiger partial charge < -0.3 is 20.1 Å². The van der Waals surface area contributed by atoms with Crippen LogP contribution in [0.15, 0.2) is 36.4 Å². The number of carbonyl (C=O) groups excluding carboxylic acids is 2. The van der Waals surface area contributed by atoms with E-state index in [1.165, 1.54) is 0 Å². The molecule has 1 saturated carbocycles. The van der Waals surface area contributed by atoms with Gasteiger partial charge in [-0.15, -0.1) is 0 Å². The van der Waals surface area contributed by atoms with Crippen LogP contribution in [0.25, 0.3) is 0 Å². The van der Waals surface area contributed by atoms with Crippen molar-refractivity contribution in [1.29, 1.82) is 0 Å². The maximum atomic E-state index is 12.3. The number of hydrogen-bond donors (Lipinski definition) is 3. The smallest absolute Gasteiger partial charge is 0.407 e. The zero-order chi connectivity index (χ0) is 20.1. The van der Waals surface area contributed by atoms with E-state index in [2.05, 4.69) is 20.8 Å². The standard InChI is InChI=1S/C21H26N4O4/c26-20(15-6-8-28-9-7-15)23-19-12-18(24-25-19)16-10-17(11-16)29-21(27)22-13-14-4-2-1-3-5-14/h1-5,12,15-17H,6-11,13H2,(H,22,27)(H2,23,24,25,26). The van der Waals surface area contributed by atoms with Crippen molar-refractivity contribution in [2.45, 2.75) is 44.2 Å². The maximum absolute atomic E-state index is 12.3. The van der Waals surface area contributed by atoms with Crippen molar-refractivity contribution in [1.82, 2.24) is 15.5 Å². The molecular formula is C21H26N4O4. The molecule has 0 spiro atoms. The van der Waals surface area contributed by atoms with Crippen LogP contribution in [0.4, 0.5) is 10.6 Å². The third kappa shape index (κ3) is 5.14. The lowest BCUT2D eigenvalue weighted by molar-refractivity contribution is -0.122. The Labute approximate surface area is 169 Å². The summed E-state index contributed by atoms with van der Waals surface area (Å²) in [7, 11) is 0. The normalized spacial score (nSPS) is 21.8. The molecule has 3 N–H and O–H groups in total. The number of H-pyrrole nitrogens is 1. The van der Waals surface area contributed by atoms with Crippen molar-refractivity contribution in [2.75, 3.05) is 18.5 Å². The predicted octanol–water partition coefficient (Wildman–Crippen LogP) is 2.95. The molecule has 154 valence electrons. The summed E-state index contributed by atoms with van der Waals surface area (Å²) >= 11 is 0. The number of alkyl carbamates (subject to hydrolysis) is 1. The molecule has 1 aliphatic carbocycles. The summed E-state index contributed by atoms with van der Waals surface area (Å²) in [6.07, 6.45) is 2.46. The molecule has 0 bridgehead atoms. The van der Waals surface area contributed by atoms with Crippen molar-refractivity contribution >= 4 is 17.8 Å². The van der Waals surface area contributed by atoms with Gasteiger partial charge in [0.15, 0.2) is 0 Å². The van der Waals surface area contributed by atoms with Gasteiger partial charge in [-0.3, -0.25) is 9.89 Å². The van der Waals surface area contributed by atoms with Crippen LogP contribution in [0.5, 0.6) is 0 Å². The average Bonchev–Trinajstić information content (AvgIpc) is 3.18. The fraction of sp³-hybridized carbons (Fsp3) is 0.476. The monoisotopic (exact) mass is 398 g/mol. The molecule has 2 aromatic rings. The van der Waals surface area contributed by atoms with Gasteiger partial charge in [0.05, 0.1) is 5.69 Å². The highest BCUT2D eigenvalue weighted by Gasteiger charge is 2.35. The van der Waals surface area contributed by atoms with Crippen LogP contribution in [-0.4, -0.2) is 41.5 Å². The molecule has 2 heterocycles. The van der Waals surface area contributed by atoms with E-state index in [4.69, 9.17) is 9.47 Å². The zero-order valence-electron chi connectivity index (χ0n) is 16.2. The van der Waals surface area contributed by atoms with Gasteiger partial charge in [0.1, 0.15) is 11.9 Å². The average molecular weight is 398 g/mol. The third-order valence-corrected chi connectivity index (χ3v) is 5.51. The molecule has 0 unspecified atom stereocenters. The van der Waals surface area contributed by atoms with Gasteiger partial charge >= 0.3 is 6.09 Å². The second-order valence-corrected chi connectivity index (χ2v) is 7.62. The molecule has 29 heavy (non-hydrogen) atoms. The van der Waals surface area contributed by atoms with E-state index in [0.29, 0.717) is 25.6 Å². The van der Waals surface area contributed by atoms with Crippen molar-refractivity contribution in [3.8, 4) is 0 Å². The second-order valence-electron chi connectivity index (χ2n) is 7.62. The van der Waals surface area contributed by atoms with E-state index < -0.39 is 6.09 Å². The number of aromatic amines is 1. The van der Waals surface area contributed by atoms with Crippen LogP contribution in [-0.2, 0) is 20.8 Å². The molecule has 1 aromatic heterocycles. The predicted molar refractivity (Wildman–Crippen MR) is 106 cm³/mol. The second kappa shape index (κ2) is 9.09. The Morgan fingerprint density at radius 2 is 1.93 bits per heavy atom. The fourth-order valence-corrected chi connectivity index (χ4v) is 3.67. The van der Waals surface area contributed by atoms with Gasteiger partial charge in [0.2, 0.25) is 5.91 Å². The van der Waals surface area contributed by atoms with Crippen LogP contribution in [0.1, 0.15) is 42.9 Å². The summed E-state index contributed by atoms with van der Waals surface area (Å²) in [6.45, 7) is 1.72. The Morgan fingerprint density at radius 1 is 1.17 bits per heavy atom. The number of rotatable bonds is 6. The number of amides is 2. The molecule has 0 atom stereocenters. The highest BCUT2D eigenvalue weighted by molar-refractivity contribution is 5.91. The molecule has 2 aliphatic rings. The number of carbonyl (C=O) groups is 2. The van der Waals surface area contributed by atoms with Crippen LogP contribution >= 0.6 is 0 Å². The molecule has 0 radical (unpaired) electrons. The SMILES string of the molecule is O=C(NCc1ccccc1)OC1CC(c2cc(NC(=O)C3CCOCC3)[nH]n2)C1. The first-order valence-electron chi connectivity index (χ1n) is 10.1. The number of nitrogens with one attached hydrogen (secondary N) is 3. The number of benzene rings is 1. The maximum Gasteiger partial charge on any atom is 0.407 e. The fourth-order valence-electron chi connectivity index (χ4n) is 3.67. The topological polar surface area (TPSA) is 105 Å². The van der Waals surface area contributed by atoms with Gasteiger partial charge in [-0.25, -0.2) is 4.79 Å². The molecule has 8 heteroatoms. The number of aromatic nitrogens is 2. The van der Waals surface area contributed by atoms with Gasteiger partial charge in [-0.1, -0.05) is 30.3 Å². The first kappa shape index (κ1) is 19.4. The molecule has 1 aromatic carbocycles. The van der Waals surface area contributed by atoms with E-state index >= 15 is 0 Å². The van der Waals surface area contributed by atoms with Gasteiger partial charge in [0.25, 0.3) is 0 Å². The van der Waals surface area contributed by atoms with E-state index in [1.807, 2.05) is 36.4 Å². The molecule has 1 aliphatic heterocycles. The Hall–Kier alpha value is -2.87. The summed E-state index contributed by atoms with van der Waals surface area (Å²) in [6, 6.07) is 11.6. The zero-order valence-corrected chi connectivity index (χ0v) is 16.2. The number of nitrogens with zero attached hydrogens (tertiary/aromatic N) is 1. The quantitative estimate of drug-likeness (QED) is 0.694. The lowest BCUT2D eigenvalue weighted by Gasteiger charge is -2.33. The lowest BCUT2D eigenvalue weighted by Crippen LogP contribution is -2.36. The van der Waals surface area contributed by atoms with Crippen LogP contribution in [0.2, 0.25) is 0 Å². The van der Waals surface area contributed by atoms with E-state index in [1.54, 1.807) is 0 Å². The molecule has 2 fully saturated rings. The van der Waals surface area contributed by atoms with Gasteiger partial charge in [0, 0.05) is 37.7 Å². The summed E-state index contributed by atoms with van der Waals surface area (Å²) in [5, 5.41) is 12.9. The van der Waals surface area contributed by atoms with Gasteiger partial charge in [-0.2, -0.15) is 5.10 Å². The van der Waals surface area contributed by atoms with Crippen LogP contribution in [0, 0.1) is 5.92 Å². The minimum atomic E-state index is -0.399. The summed E-state index contributed by atoms with van der Waals surface area (Å²) < 4.78 is 10.7. The van der Waals surface area contributed by atoms with Crippen molar-refractivity contribution < 1.29 is 19.1 Å². The Kier molecular flexibility index (Phi) is 6.09. The number of hydrogen-bond acceptors (Lipinski definition) is 5. The largest absolute Gasteiger partial charge is 0.446 e. The molecule has 4 rings (SSSR count). The van der Waals surface area contributed by atoms with Crippen molar-refractivity contribution in [3.63, 3.8) is 0 Å². The first-order valence-corrected chi connectivity index (χ1v) is 10.1. The summed E-state index contributed by atoms with van der Waals surface area (Å²) in [5.74, 6) is 0.841. The highest BCUT2D eigenvalue weighted by Crippen LogP contribution is 2.38. The lowest BCUT2D eigenvalue weighted by atomic mass is 9.80. The number of ether oxygens (including phenoxy) is 2. The minimum absolute atomic E-state index is 0.00778.